The Morgan fingerprint density at radius 3 is 2.61 bits per heavy atom. The van der Waals surface area contributed by atoms with Crippen LogP contribution in [0.25, 0.3) is 0 Å². The molecule has 0 aromatic heterocycles. The number of amides is 1. The zero-order chi connectivity index (χ0) is 13.0. The van der Waals surface area contributed by atoms with Crippen LogP contribution in [0.4, 0.5) is 0 Å². The van der Waals surface area contributed by atoms with E-state index in [0.717, 1.165) is 19.3 Å². The minimum absolute atomic E-state index is 0.224. The standard InChI is InChI=1S/C15H28N2O/c1-3-4-5-8-11-15(2)14(18)16-12-9-6-7-10-13(12)17-15/h12-13,17H,3-11H2,1-2H3,(H,16,18)/t12?,13-,15-/m1/s1. The summed E-state index contributed by atoms with van der Waals surface area (Å²) in [6, 6.07) is 0.891. The van der Waals surface area contributed by atoms with Crippen molar-refractivity contribution in [2.75, 3.05) is 0 Å². The van der Waals surface area contributed by atoms with E-state index in [1.807, 2.05) is 0 Å². The second kappa shape index (κ2) is 6.05. The summed E-state index contributed by atoms with van der Waals surface area (Å²) in [4.78, 5) is 12.3. The first-order valence-corrected chi connectivity index (χ1v) is 7.74. The normalized spacial score (nSPS) is 36.0. The van der Waals surface area contributed by atoms with E-state index < -0.39 is 0 Å². The molecular formula is C15H28N2O. The predicted molar refractivity (Wildman–Crippen MR) is 74.5 cm³/mol. The molecule has 1 saturated carbocycles. The number of hydrogen-bond donors (Lipinski definition) is 2. The molecule has 1 aliphatic carbocycles. The highest BCUT2D eigenvalue weighted by Crippen LogP contribution is 2.27. The van der Waals surface area contributed by atoms with Crippen molar-refractivity contribution in [3.63, 3.8) is 0 Å². The van der Waals surface area contributed by atoms with Gasteiger partial charge < -0.3 is 5.32 Å². The van der Waals surface area contributed by atoms with Gasteiger partial charge >= 0.3 is 0 Å². The molecule has 3 atom stereocenters. The number of piperazine rings is 1. The Labute approximate surface area is 111 Å². The van der Waals surface area contributed by atoms with Crippen molar-refractivity contribution < 1.29 is 4.79 Å². The van der Waals surface area contributed by atoms with Gasteiger partial charge in [0.1, 0.15) is 0 Å². The topological polar surface area (TPSA) is 41.1 Å². The van der Waals surface area contributed by atoms with E-state index in [9.17, 15) is 4.79 Å². The van der Waals surface area contributed by atoms with Gasteiger partial charge in [-0.1, -0.05) is 45.4 Å². The van der Waals surface area contributed by atoms with Crippen molar-refractivity contribution in [2.45, 2.75) is 89.3 Å². The van der Waals surface area contributed by atoms with E-state index in [-0.39, 0.29) is 11.4 Å². The molecule has 0 radical (unpaired) electrons. The molecule has 1 saturated heterocycles. The molecule has 0 aromatic rings. The zero-order valence-corrected chi connectivity index (χ0v) is 11.9. The van der Waals surface area contributed by atoms with Crippen LogP contribution in [-0.4, -0.2) is 23.5 Å². The van der Waals surface area contributed by atoms with E-state index in [0.29, 0.717) is 12.1 Å². The maximum Gasteiger partial charge on any atom is 0.240 e. The molecule has 18 heavy (non-hydrogen) atoms. The highest BCUT2D eigenvalue weighted by Gasteiger charge is 2.43. The molecule has 0 bridgehead atoms. The van der Waals surface area contributed by atoms with Crippen LogP contribution in [0.2, 0.25) is 0 Å². The van der Waals surface area contributed by atoms with E-state index in [4.69, 9.17) is 0 Å². The van der Waals surface area contributed by atoms with Gasteiger partial charge in [-0.2, -0.15) is 0 Å². The largest absolute Gasteiger partial charge is 0.350 e. The molecule has 3 nitrogen and oxygen atoms in total. The van der Waals surface area contributed by atoms with Crippen LogP contribution >= 0.6 is 0 Å². The number of nitrogens with one attached hydrogen (secondary N) is 2. The lowest BCUT2D eigenvalue weighted by Crippen LogP contribution is -2.70. The maximum absolute atomic E-state index is 12.3. The molecule has 2 N–H and O–H groups in total. The smallest absolute Gasteiger partial charge is 0.240 e. The first-order chi connectivity index (χ1) is 8.65. The van der Waals surface area contributed by atoms with Crippen molar-refractivity contribution in [1.29, 1.82) is 0 Å². The van der Waals surface area contributed by atoms with Gasteiger partial charge in [0.25, 0.3) is 0 Å². The second-order valence-corrected chi connectivity index (χ2v) is 6.26. The SMILES string of the molecule is CCCCCC[C@@]1(C)N[C@@H]2CCCCC2NC1=O. The monoisotopic (exact) mass is 252 g/mol. The quantitative estimate of drug-likeness (QED) is 0.739. The van der Waals surface area contributed by atoms with Crippen LogP contribution in [0.15, 0.2) is 0 Å². The first-order valence-electron chi connectivity index (χ1n) is 7.74. The maximum atomic E-state index is 12.3. The Balaban J connectivity index is 1.88. The number of rotatable bonds is 5. The lowest BCUT2D eigenvalue weighted by atomic mass is 9.82. The third-order valence-corrected chi connectivity index (χ3v) is 4.62. The number of hydrogen-bond acceptors (Lipinski definition) is 2. The van der Waals surface area contributed by atoms with Crippen molar-refractivity contribution in [3.8, 4) is 0 Å². The molecule has 0 aromatic carbocycles. The molecule has 0 spiro atoms. The van der Waals surface area contributed by atoms with Crippen LogP contribution in [0.3, 0.4) is 0 Å². The van der Waals surface area contributed by atoms with Crippen LogP contribution in [0.5, 0.6) is 0 Å². The van der Waals surface area contributed by atoms with Gasteiger partial charge in [-0.25, -0.2) is 0 Å². The molecule has 104 valence electrons. The summed E-state index contributed by atoms with van der Waals surface area (Å²) in [5.41, 5.74) is -0.327. The van der Waals surface area contributed by atoms with Gasteiger partial charge in [0.2, 0.25) is 5.91 Å². The van der Waals surface area contributed by atoms with Crippen LogP contribution in [-0.2, 0) is 4.79 Å². The summed E-state index contributed by atoms with van der Waals surface area (Å²) >= 11 is 0. The summed E-state index contributed by atoms with van der Waals surface area (Å²) in [5.74, 6) is 0.224. The molecule has 1 heterocycles. The van der Waals surface area contributed by atoms with E-state index in [1.165, 1.54) is 38.5 Å². The highest BCUT2D eigenvalue weighted by molar-refractivity contribution is 5.87. The summed E-state index contributed by atoms with van der Waals surface area (Å²) in [6.45, 7) is 4.30. The lowest BCUT2D eigenvalue weighted by Gasteiger charge is -2.46. The fourth-order valence-electron chi connectivity index (χ4n) is 3.37. The average Bonchev–Trinajstić information content (AvgIpc) is 2.36. The first kappa shape index (κ1) is 13.9. The number of unbranched alkanes of at least 4 members (excludes halogenated alkanes) is 3. The Hall–Kier alpha value is -0.570. The Morgan fingerprint density at radius 1 is 1.17 bits per heavy atom. The molecule has 2 aliphatic rings. The van der Waals surface area contributed by atoms with E-state index >= 15 is 0 Å². The predicted octanol–water partition coefficient (Wildman–Crippen LogP) is 2.75. The number of fused-ring (bicyclic) bond motifs is 1. The summed E-state index contributed by atoms with van der Waals surface area (Å²) < 4.78 is 0. The van der Waals surface area contributed by atoms with Crippen molar-refractivity contribution in [2.24, 2.45) is 0 Å². The fourth-order valence-corrected chi connectivity index (χ4v) is 3.37. The van der Waals surface area contributed by atoms with Gasteiger partial charge in [-0.15, -0.1) is 0 Å². The third kappa shape index (κ3) is 3.05. The van der Waals surface area contributed by atoms with Crippen molar-refractivity contribution in [3.05, 3.63) is 0 Å². The Kier molecular flexibility index (Phi) is 4.66. The molecular weight excluding hydrogens is 224 g/mol. The molecule has 1 aliphatic heterocycles. The number of carbonyl (C=O) groups is 1. The summed E-state index contributed by atoms with van der Waals surface area (Å²) in [7, 11) is 0. The summed E-state index contributed by atoms with van der Waals surface area (Å²) in [5, 5.41) is 6.89. The molecule has 2 rings (SSSR count). The summed E-state index contributed by atoms with van der Waals surface area (Å²) in [6.07, 6.45) is 10.8. The average molecular weight is 252 g/mol. The van der Waals surface area contributed by atoms with Crippen LogP contribution in [0, 0.1) is 0 Å². The minimum Gasteiger partial charge on any atom is -0.350 e. The third-order valence-electron chi connectivity index (χ3n) is 4.62. The van der Waals surface area contributed by atoms with E-state index in [2.05, 4.69) is 24.5 Å². The number of carbonyl (C=O) groups excluding carboxylic acids is 1. The Bertz CT molecular complexity index is 292. The zero-order valence-electron chi connectivity index (χ0n) is 11.9. The van der Waals surface area contributed by atoms with Gasteiger partial charge in [-0.3, -0.25) is 10.1 Å². The second-order valence-electron chi connectivity index (χ2n) is 6.26. The molecule has 1 unspecified atom stereocenters. The highest BCUT2D eigenvalue weighted by atomic mass is 16.2. The molecule has 3 heteroatoms. The minimum atomic E-state index is -0.327. The Morgan fingerprint density at radius 2 is 1.89 bits per heavy atom. The van der Waals surface area contributed by atoms with E-state index in [1.54, 1.807) is 0 Å². The van der Waals surface area contributed by atoms with Crippen LogP contribution in [0.1, 0.15) is 71.6 Å². The van der Waals surface area contributed by atoms with Gasteiger partial charge in [0.15, 0.2) is 0 Å². The van der Waals surface area contributed by atoms with Gasteiger partial charge in [-0.05, 0) is 26.2 Å². The van der Waals surface area contributed by atoms with Crippen molar-refractivity contribution >= 4 is 5.91 Å². The lowest BCUT2D eigenvalue weighted by molar-refractivity contribution is -0.132. The van der Waals surface area contributed by atoms with Gasteiger partial charge in [0, 0.05) is 12.1 Å². The molecule has 1 amide bonds. The van der Waals surface area contributed by atoms with Crippen molar-refractivity contribution in [1.82, 2.24) is 10.6 Å². The van der Waals surface area contributed by atoms with Crippen LogP contribution < -0.4 is 10.6 Å². The van der Waals surface area contributed by atoms with Gasteiger partial charge in [0.05, 0.1) is 5.54 Å². The molecule has 2 fully saturated rings. The fraction of sp³-hybridized carbons (Fsp3) is 0.933.